The number of benzene rings is 1. The lowest BCUT2D eigenvalue weighted by atomic mass is 10.1. The molecule has 0 unspecified atom stereocenters. The molecule has 0 aliphatic heterocycles. The van der Waals surface area contributed by atoms with Gasteiger partial charge in [0.15, 0.2) is 0 Å². The molecule has 0 aliphatic carbocycles. The lowest BCUT2D eigenvalue weighted by molar-refractivity contribution is -0.121. The summed E-state index contributed by atoms with van der Waals surface area (Å²) in [5.74, 6) is 0.990. The molecule has 0 aromatic heterocycles. The molecule has 0 atom stereocenters. The number of nitrogens with zero attached hydrogens (tertiary/aromatic N) is 1. The zero-order chi connectivity index (χ0) is 15.5. The van der Waals surface area contributed by atoms with Crippen LogP contribution in [0.25, 0.3) is 0 Å². The van der Waals surface area contributed by atoms with Crippen molar-refractivity contribution in [3.63, 3.8) is 0 Å². The highest BCUT2D eigenvalue weighted by Gasteiger charge is 2.07. The third-order valence-corrected chi connectivity index (χ3v) is 3.54. The van der Waals surface area contributed by atoms with Crippen molar-refractivity contribution in [3.05, 3.63) is 29.8 Å². The Morgan fingerprint density at radius 1 is 1.19 bits per heavy atom. The highest BCUT2D eigenvalue weighted by atomic mass is 16.5. The number of nitrogens with one attached hydrogen (secondary N) is 1. The van der Waals surface area contributed by atoms with Crippen LogP contribution in [0.4, 0.5) is 0 Å². The Hall–Kier alpha value is -1.55. The van der Waals surface area contributed by atoms with Crippen molar-refractivity contribution in [2.45, 2.75) is 33.6 Å². The summed E-state index contributed by atoms with van der Waals surface area (Å²) in [6.07, 6.45) is 1.22. The number of hydrogen-bond donors (Lipinski definition) is 1. The number of likely N-dealkylation sites (N-methyl/N-ethyl adjacent to an activating group) is 1. The van der Waals surface area contributed by atoms with Gasteiger partial charge in [-0.25, -0.2) is 0 Å². The number of rotatable bonds is 10. The van der Waals surface area contributed by atoms with Crippen LogP contribution in [0.1, 0.15) is 32.8 Å². The Kier molecular flexibility index (Phi) is 8.51. The number of carbonyl (C=O) groups excluding carboxylic acids is 1. The minimum atomic E-state index is 0.105. The van der Waals surface area contributed by atoms with Crippen molar-refractivity contribution in [1.82, 2.24) is 10.2 Å². The van der Waals surface area contributed by atoms with Crippen molar-refractivity contribution >= 4 is 5.91 Å². The van der Waals surface area contributed by atoms with E-state index in [-0.39, 0.29) is 5.91 Å². The van der Waals surface area contributed by atoms with E-state index in [1.165, 1.54) is 0 Å². The molecule has 0 saturated carbocycles. The van der Waals surface area contributed by atoms with Crippen LogP contribution in [0.3, 0.4) is 0 Å². The Balaban J connectivity index is 2.33. The molecule has 0 aliphatic rings. The molecule has 0 spiro atoms. The summed E-state index contributed by atoms with van der Waals surface area (Å²) < 4.78 is 5.57. The van der Waals surface area contributed by atoms with Crippen LogP contribution in [0.5, 0.6) is 5.75 Å². The van der Waals surface area contributed by atoms with Gasteiger partial charge in [-0.15, -0.1) is 0 Å². The SMILES string of the molecule is CCOc1ccccc1CCC(=O)NCCN(CC)CC. The lowest BCUT2D eigenvalue weighted by Crippen LogP contribution is -2.34. The number of hydrogen-bond acceptors (Lipinski definition) is 3. The average molecular weight is 292 g/mol. The van der Waals surface area contributed by atoms with E-state index in [0.29, 0.717) is 26.0 Å². The fraction of sp³-hybridized carbons (Fsp3) is 0.588. The Bertz CT molecular complexity index is 417. The van der Waals surface area contributed by atoms with Crippen LogP contribution in [0.15, 0.2) is 24.3 Å². The Labute approximate surface area is 128 Å². The van der Waals surface area contributed by atoms with Gasteiger partial charge in [0.05, 0.1) is 6.61 Å². The average Bonchev–Trinajstić information content (AvgIpc) is 2.51. The van der Waals surface area contributed by atoms with Gasteiger partial charge in [-0.2, -0.15) is 0 Å². The first-order chi connectivity index (χ1) is 10.2. The van der Waals surface area contributed by atoms with Crippen molar-refractivity contribution in [3.8, 4) is 5.75 Å². The molecular weight excluding hydrogens is 264 g/mol. The molecule has 1 rings (SSSR count). The standard InChI is InChI=1S/C17H28N2O2/c1-4-19(5-2)14-13-18-17(20)12-11-15-9-7-8-10-16(15)21-6-3/h7-10H,4-6,11-14H2,1-3H3,(H,18,20). The van der Waals surface area contributed by atoms with Crippen LogP contribution in [0, 0.1) is 0 Å². The molecule has 4 nitrogen and oxygen atoms in total. The van der Waals surface area contributed by atoms with Crippen LogP contribution in [0.2, 0.25) is 0 Å². The maximum absolute atomic E-state index is 11.9. The zero-order valence-electron chi connectivity index (χ0n) is 13.5. The second kappa shape index (κ2) is 10.2. The minimum Gasteiger partial charge on any atom is -0.494 e. The van der Waals surface area contributed by atoms with Gasteiger partial charge in [0.1, 0.15) is 5.75 Å². The summed E-state index contributed by atoms with van der Waals surface area (Å²) in [7, 11) is 0. The molecule has 1 aromatic rings. The van der Waals surface area contributed by atoms with Gasteiger partial charge in [-0.05, 0) is 38.1 Å². The second-order valence-corrected chi connectivity index (χ2v) is 4.92. The van der Waals surface area contributed by atoms with E-state index in [1.54, 1.807) is 0 Å². The number of amides is 1. The first-order valence-corrected chi connectivity index (χ1v) is 7.90. The molecule has 0 saturated heterocycles. The van der Waals surface area contributed by atoms with Crippen molar-refractivity contribution in [2.75, 3.05) is 32.8 Å². The normalized spacial score (nSPS) is 10.7. The van der Waals surface area contributed by atoms with E-state index >= 15 is 0 Å². The zero-order valence-corrected chi connectivity index (χ0v) is 13.5. The molecule has 118 valence electrons. The molecule has 0 fully saturated rings. The van der Waals surface area contributed by atoms with E-state index in [1.807, 2.05) is 31.2 Å². The number of para-hydroxylation sites is 1. The predicted octanol–water partition coefficient (Wildman–Crippen LogP) is 2.48. The highest BCUT2D eigenvalue weighted by molar-refractivity contribution is 5.76. The van der Waals surface area contributed by atoms with E-state index in [4.69, 9.17) is 4.74 Å². The molecule has 0 radical (unpaired) electrons. The summed E-state index contributed by atoms with van der Waals surface area (Å²) >= 11 is 0. The fourth-order valence-electron chi connectivity index (χ4n) is 2.24. The van der Waals surface area contributed by atoms with Gasteiger partial charge in [-0.1, -0.05) is 32.0 Å². The molecule has 0 heterocycles. The van der Waals surface area contributed by atoms with Crippen molar-refractivity contribution in [1.29, 1.82) is 0 Å². The topological polar surface area (TPSA) is 41.6 Å². The third kappa shape index (κ3) is 6.63. The van der Waals surface area contributed by atoms with E-state index in [2.05, 4.69) is 24.1 Å². The quantitative estimate of drug-likeness (QED) is 0.720. The molecule has 1 N–H and O–H groups in total. The first-order valence-electron chi connectivity index (χ1n) is 7.90. The third-order valence-electron chi connectivity index (χ3n) is 3.54. The number of ether oxygens (including phenoxy) is 1. The Morgan fingerprint density at radius 2 is 1.90 bits per heavy atom. The van der Waals surface area contributed by atoms with Crippen molar-refractivity contribution < 1.29 is 9.53 Å². The minimum absolute atomic E-state index is 0.105. The van der Waals surface area contributed by atoms with E-state index < -0.39 is 0 Å². The largest absolute Gasteiger partial charge is 0.494 e. The lowest BCUT2D eigenvalue weighted by Gasteiger charge is -2.18. The fourth-order valence-corrected chi connectivity index (χ4v) is 2.24. The molecule has 4 heteroatoms. The smallest absolute Gasteiger partial charge is 0.220 e. The van der Waals surface area contributed by atoms with E-state index in [0.717, 1.165) is 30.9 Å². The van der Waals surface area contributed by atoms with Gasteiger partial charge in [-0.3, -0.25) is 4.79 Å². The summed E-state index contributed by atoms with van der Waals surface area (Å²) in [6, 6.07) is 7.92. The summed E-state index contributed by atoms with van der Waals surface area (Å²) in [6.45, 7) is 10.6. The maximum atomic E-state index is 11.9. The first kappa shape index (κ1) is 17.5. The molecule has 21 heavy (non-hydrogen) atoms. The van der Waals surface area contributed by atoms with Crippen molar-refractivity contribution in [2.24, 2.45) is 0 Å². The van der Waals surface area contributed by atoms with Gasteiger partial charge in [0.25, 0.3) is 0 Å². The Morgan fingerprint density at radius 3 is 2.57 bits per heavy atom. The van der Waals surface area contributed by atoms with Crippen LogP contribution >= 0.6 is 0 Å². The number of carbonyl (C=O) groups is 1. The summed E-state index contributed by atoms with van der Waals surface area (Å²) in [5.41, 5.74) is 1.10. The highest BCUT2D eigenvalue weighted by Crippen LogP contribution is 2.19. The van der Waals surface area contributed by atoms with Crippen LogP contribution < -0.4 is 10.1 Å². The summed E-state index contributed by atoms with van der Waals surface area (Å²) in [5, 5.41) is 2.98. The molecular formula is C17H28N2O2. The van der Waals surface area contributed by atoms with Gasteiger partial charge in [0, 0.05) is 19.5 Å². The van der Waals surface area contributed by atoms with Crippen LogP contribution in [-0.2, 0) is 11.2 Å². The summed E-state index contributed by atoms with van der Waals surface area (Å²) in [4.78, 5) is 14.2. The van der Waals surface area contributed by atoms with Crippen LogP contribution in [-0.4, -0.2) is 43.6 Å². The van der Waals surface area contributed by atoms with Gasteiger partial charge < -0.3 is 15.0 Å². The monoisotopic (exact) mass is 292 g/mol. The maximum Gasteiger partial charge on any atom is 0.220 e. The second-order valence-electron chi connectivity index (χ2n) is 4.92. The predicted molar refractivity (Wildman–Crippen MR) is 86.7 cm³/mol. The molecule has 0 bridgehead atoms. The molecule has 1 aromatic carbocycles. The number of aryl methyl sites for hydroxylation is 1. The van der Waals surface area contributed by atoms with Gasteiger partial charge in [0.2, 0.25) is 5.91 Å². The molecule has 1 amide bonds. The van der Waals surface area contributed by atoms with E-state index in [9.17, 15) is 4.79 Å². The van der Waals surface area contributed by atoms with Gasteiger partial charge >= 0.3 is 0 Å².